The van der Waals surface area contributed by atoms with Crippen molar-refractivity contribution in [3.8, 4) is 0 Å². The van der Waals surface area contributed by atoms with Gasteiger partial charge in [0.05, 0.1) is 0 Å². The zero-order valence-corrected chi connectivity index (χ0v) is 32.7. The molecule has 0 aliphatic rings. The molecule has 0 fully saturated rings. The van der Waals surface area contributed by atoms with Crippen molar-refractivity contribution < 1.29 is 0 Å². The van der Waals surface area contributed by atoms with E-state index in [1.54, 1.807) is 0 Å². The molecule has 0 heterocycles. The van der Waals surface area contributed by atoms with Crippen molar-refractivity contribution in [3.63, 3.8) is 0 Å². The van der Waals surface area contributed by atoms with Crippen LogP contribution >= 0.6 is 0 Å². The second-order valence-corrected chi connectivity index (χ2v) is 131. The molecule has 0 saturated heterocycles. The third kappa shape index (κ3) is 5.13. The van der Waals surface area contributed by atoms with E-state index in [0.29, 0.717) is 0 Å². The molecule has 0 atom stereocenters. The molecule has 0 saturated carbocycles. The molecule has 0 aromatic carbocycles. The molecule has 164 valence electrons. The van der Waals surface area contributed by atoms with E-state index >= 15 is 0 Å². The first-order valence-corrected chi connectivity index (χ1v) is 48.7. The van der Waals surface area contributed by atoms with Gasteiger partial charge in [-0.2, -0.15) is 0 Å². The Morgan fingerprint density at radius 3 is 0.444 bits per heavy atom. The zero-order chi connectivity index (χ0) is 22.7. The summed E-state index contributed by atoms with van der Waals surface area (Å²) in [6.45, 7) is 51.5. The third-order valence-electron chi connectivity index (χ3n) is 6.64. The van der Waals surface area contributed by atoms with Crippen LogP contribution in [0.4, 0.5) is 0 Å². The van der Waals surface area contributed by atoms with Crippen LogP contribution in [0.5, 0.6) is 0 Å². The van der Waals surface area contributed by atoms with E-state index in [9.17, 15) is 0 Å². The van der Waals surface area contributed by atoms with Crippen molar-refractivity contribution in [2.24, 2.45) is 0 Å². The van der Waals surface area contributed by atoms with Gasteiger partial charge < -0.3 is 0 Å². The van der Waals surface area contributed by atoms with Crippen LogP contribution in [0, 0.1) is 0 Å². The molecule has 0 aliphatic heterocycles. The van der Waals surface area contributed by atoms with Crippen LogP contribution in [0.2, 0.25) is 118 Å². The first-order chi connectivity index (χ1) is 11.2. The summed E-state index contributed by atoms with van der Waals surface area (Å²) in [5.74, 6) is 0. The summed E-state index contributed by atoms with van der Waals surface area (Å²) in [5, 5.41) is 0. The molecule has 0 bridgehead atoms. The summed E-state index contributed by atoms with van der Waals surface area (Å²) >= 11 is 0.166. The summed E-state index contributed by atoms with van der Waals surface area (Å²) in [6.07, 6.45) is 0. The molecular formula is C18H54Si8Te. The van der Waals surface area contributed by atoms with Gasteiger partial charge in [-0.1, -0.05) is 0 Å². The van der Waals surface area contributed by atoms with Crippen LogP contribution in [0.15, 0.2) is 0 Å². The molecule has 0 spiro atoms. The van der Waals surface area contributed by atoms with E-state index in [1.165, 1.54) is 0 Å². The predicted octanol–water partition coefficient (Wildman–Crippen LogP) is 7.08. The molecule has 27 heavy (non-hydrogen) atoms. The van der Waals surface area contributed by atoms with E-state index in [-0.39, 0.29) is 19.3 Å². The van der Waals surface area contributed by atoms with Gasteiger partial charge >= 0.3 is 191 Å². The van der Waals surface area contributed by atoms with Gasteiger partial charge in [-0.25, -0.2) is 0 Å². The monoisotopic (exact) mass is 624 g/mol. The summed E-state index contributed by atoms with van der Waals surface area (Å²) in [6, 6.07) is 0. The summed E-state index contributed by atoms with van der Waals surface area (Å²) < 4.78 is -2.30. The normalized spacial score (nSPS) is 16.7. The van der Waals surface area contributed by atoms with E-state index in [2.05, 4.69) is 118 Å². The van der Waals surface area contributed by atoms with Crippen LogP contribution in [-0.4, -0.2) is 73.2 Å². The van der Waals surface area contributed by atoms with Crippen LogP contribution in [0.25, 0.3) is 0 Å². The number of hydrogen-bond donors (Lipinski definition) is 0. The van der Waals surface area contributed by atoms with Gasteiger partial charge in [0.2, 0.25) is 0 Å². The Labute approximate surface area is 189 Å². The molecule has 0 unspecified atom stereocenters. The number of rotatable bonds is 8. The topological polar surface area (TPSA) is 0 Å². The maximum absolute atomic E-state index is 2.86. The quantitative estimate of drug-likeness (QED) is 0.254. The van der Waals surface area contributed by atoms with E-state index in [1.807, 2.05) is 0 Å². The first kappa shape index (κ1) is 29.5. The Balaban J connectivity index is 7.45. The molecule has 0 aromatic rings. The van der Waals surface area contributed by atoms with Gasteiger partial charge in [-0.3, -0.25) is 0 Å². The molecule has 0 aliphatic carbocycles. The molecule has 0 aromatic heterocycles. The van der Waals surface area contributed by atoms with Crippen molar-refractivity contribution in [2.45, 2.75) is 118 Å². The van der Waals surface area contributed by atoms with Gasteiger partial charge in [-0.05, 0) is 0 Å². The minimum atomic E-state index is -1.15. The van der Waals surface area contributed by atoms with Gasteiger partial charge in [0, 0.05) is 0 Å². The van der Waals surface area contributed by atoms with Gasteiger partial charge in [0.25, 0.3) is 0 Å². The zero-order valence-electron chi connectivity index (χ0n) is 22.4. The Morgan fingerprint density at radius 2 is 0.370 bits per heavy atom. The van der Waals surface area contributed by atoms with Gasteiger partial charge in [0.15, 0.2) is 0 Å². The molecule has 0 radical (unpaired) electrons. The van der Waals surface area contributed by atoms with Crippen LogP contribution in [0.3, 0.4) is 0 Å². The fourth-order valence-corrected chi connectivity index (χ4v) is 473. The third-order valence-corrected chi connectivity index (χ3v) is 288. The fourth-order valence-electron chi connectivity index (χ4n) is 7.90. The second kappa shape index (κ2) is 8.14. The van der Waals surface area contributed by atoms with E-state index < -0.39 is 53.9 Å². The predicted molar refractivity (Wildman–Crippen MR) is 157 cm³/mol. The van der Waals surface area contributed by atoms with E-state index in [0.717, 1.165) is 0 Å². The van der Waals surface area contributed by atoms with Crippen LogP contribution in [0.1, 0.15) is 0 Å². The SMILES string of the molecule is C[Si](C)(C)[Si]([Te][Si]([Si](C)(C)C)([Si](C)(C)C)[Si](C)(C)C)([Si](C)(C)C)[Si](C)(C)C. The fraction of sp³-hybridized carbons (Fsp3) is 1.00. The van der Waals surface area contributed by atoms with Gasteiger partial charge in [0.1, 0.15) is 0 Å². The Morgan fingerprint density at radius 1 is 0.259 bits per heavy atom. The molecule has 0 amide bonds. The molecule has 0 rings (SSSR count). The maximum atomic E-state index is 2.86. The van der Waals surface area contributed by atoms with E-state index in [4.69, 9.17) is 0 Å². The average Bonchev–Trinajstić information content (AvgIpc) is 2.16. The average molecular weight is 623 g/mol. The Hall–Kier alpha value is 2.52. The summed E-state index contributed by atoms with van der Waals surface area (Å²) in [5.41, 5.74) is 0. The van der Waals surface area contributed by atoms with Gasteiger partial charge in [-0.15, -0.1) is 0 Å². The first-order valence-electron chi connectivity index (χ1n) is 10.9. The molecule has 0 nitrogen and oxygen atoms in total. The summed E-state index contributed by atoms with van der Waals surface area (Å²) in [7, 11) is -6.79. The van der Waals surface area contributed by atoms with Crippen molar-refractivity contribution in [2.75, 3.05) is 0 Å². The summed E-state index contributed by atoms with van der Waals surface area (Å²) in [4.78, 5) is 0. The second-order valence-electron chi connectivity index (χ2n) is 15.0. The van der Waals surface area contributed by atoms with Crippen molar-refractivity contribution >= 4 is 73.2 Å². The standard InChI is InChI=1S/C18H54Si8Te/c1-19(2,3)25(20(4,5)6,21(7,8)9)27-26(22(10,11)12,23(13,14)15)24(16,17)18/h1-18H3. The van der Waals surface area contributed by atoms with Crippen molar-refractivity contribution in [3.05, 3.63) is 0 Å². The van der Waals surface area contributed by atoms with Crippen LogP contribution < -0.4 is 0 Å². The Kier molecular flexibility index (Phi) is 8.90. The molecule has 0 N–H and O–H groups in total. The molecule has 9 heteroatoms. The Bertz CT molecular complexity index is 398. The van der Waals surface area contributed by atoms with Crippen molar-refractivity contribution in [1.82, 2.24) is 0 Å². The molecular weight excluding hydrogens is 568 g/mol. The van der Waals surface area contributed by atoms with Crippen LogP contribution in [-0.2, 0) is 0 Å². The van der Waals surface area contributed by atoms with Crippen molar-refractivity contribution in [1.29, 1.82) is 0 Å². The minimum absolute atomic E-state index is 0.166. The number of hydrogen-bond acceptors (Lipinski definition) is 0.